The molecule has 3 aromatic carbocycles. The lowest BCUT2D eigenvalue weighted by Crippen LogP contribution is -2.77. The Hall–Kier alpha value is -5.12. The largest absolute Gasteiger partial charge is 0.370 e. The van der Waals surface area contributed by atoms with Crippen LogP contribution >= 0.6 is 0 Å². The zero-order valence-electron chi connectivity index (χ0n) is 33.3. The molecule has 0 spiro atoms. The summed E-state index contributed by atoms with van der Waals surface area (Å²) < 4.78 is 0. The zero-order valence-corrected chi connectivity index (χ0v) is 33.3. The van der Waals surface area contributed by atoms with E-state index in [-0.39, 0.29) is 11.8 Å². The van der Waals surface area contributed by atoms with Gasteiger partial charge in [-0.05, 0) is 102 Å². The van der Waals surface area contributed by atoms with Crippen molar-refractivity contribution in [3.05, 3.63) is 89.5 Å². The summed E-state index contributed by atoms with van der Waals surface area (Å²) in [6.07, 6.45) is 0.533. The molecule has 6 amide bonds. The summed E-state index contributed by atoms with van der Waals surface area (Å²) in [5.74, 6) is -2.12. The molecule has 284 valence electrons. The van der Waals surface area contributed by atoms with Crippen molar-refractivity contribution < 1.29 is 28.8 Å². The first-order chi connectivity index (χ1) is 25.6. The van der Waals surface area contributed by atoms with Crippen LogP contribution in [-0.2, 0) is 35.2 Å². The Bertz CT molecular complexity index is 2250. The highest BCUT2D eigenvalue weighted by atomic mass is 16.2. The second-order valence-electron chi connectivity index (χ2n) is 18.7. The van der Waals surface area contributed by atoms with Crippen LogP contribution in [0.1, 0.15) is 72.1 Å². The normalized spacial score (nSPS) is 40.0. The average molecular weight is 741 g/mol. The van der Waals surface area contributed by atoms with Gasteiger partial charge in [0, 0.05) is 36.7 Å². The summed E-state index contributed by atoms with van der Waals surface area (Å²) in [6, 6.07) is 23.1. The SMILES string of the molecule is Cc1ccc(N2CC3(C)C(C)(C2)C2(C)C(=O)N(c4ccc(Cc5ccc(N6C(=O)C7(C)C8(C)C(=O)N(C)C(=O)C8(C)C7(C)C6=O)cc5)cc4)C(=O)C32C)cc1. The van der Waals surface area contributed by atoms with Crippen molar-refractivity contribution in [1.29, 1.82) is 0 Å². The van der Waals surface area contributed by atoms with Crippen molar-refractivity contribution in [2.45, 2.75) is 68.7 Å². The number of nitrogens with zero attached hydrogens (tertiary/aromatic N) is 4. The number of amides is 6. The van der Waals surface area contributed by atoms with Crippen LogP contribution in [0.25, 0.3) is 0 Å². The Labute approximate surface area is 321 Å². The highest BCUT2D eigenvalue weighted by Crippen LogP contribution is 2.85. The zero-order chi connectivity index (χ0) is 39.8. The predicted octanol–water partition coefficient (Wildman–Crippen LogP) is 5.93. The van der Waals surface area contributed by atoms with Gasteiger partial charge < -0.3 is 4.90 Å². The summed E-state index contributed by atoms with van der Waals surface area (Å²) in [6.45, 7) is 18.4. The summed E-state index contributed by atoms with van der Waals surface area (Å²) in [4.78, 5) is 90.0. The van der Waals surface area contributed by atoms with E-state index in [1.54, 1.807) is 39.8 Å². The van der Waals surface area contributed by atoms with Crippen LogP contribution in [0.3, 0.4) is 0 Å². The first-order valence-corrected chi connectivity index (χ1v) is 19.2. The number of carbonyl (C=O) groups is 6. The first kappa shape index (κ1) is 35.6. The fourth-order valence-electron chi connectivity index (χ4n) is 13.2. The van der Waals surface area contributed by atoms with Gasteiger partial charge in [-0.2, -0.15) is 0 Å². The topological polar surface area (TPSA) is 115 Å². The quantitative estimate of drug-likeness (QED) is 0.298. The van der Waals surface area contributed by atoms with E-state index in [0.717, 1.165) is 26.6 Å². The highest BCUT2D eigenvalue weighted by molar-refractivity contribution is 6.33. The minimum absolute atomic E-state index is 0.149. The van der Waals surface area contributed by atoms with Gasteiger partial charge in [0.15, 0.2) is 0 Å². The smallest absolute Gasteiger partial charge is 0.241 e. The van der Waals surface area contributed by atoms with E-state index < -0.39 is 66.9 Å². The number of imide groups is 3. The van der Waals surface area contributed by atoms with Crippen LogP contribution < -0.4 is 14.7 Å². The Morgan fingerprint density at radius 1 is 0.436 bits per heavy atom. The molecule has 10 nitrogen and oxygen atoms in total. The molecule has 2 saturated carbocycles. The average Bonchev–Trinajstić information content (AvgIpc) is 3.63. The Kier molecular flexibility index (Phi) is 6.47. The maximum Gasteiger partial charge on any atom is 0.241 e. The van der Waals surface area contributed by atoms with Crippen molar-refractivity contribution in [2.75, 3.05) is 34.8 Å². The van der Waals surface area contributed by atoms with E-state index in [1.165, 1.54) is 17.5 Å². The molecule has 0 radical (unpaired) electrons. The van der Waals surface area contributed by atoms with Gasteiger partial charge in [-0.15, -0.1) is 0 Å². The van der Waals surface area contributed by atoms with Crippen molar-refractivity contribution in [3.8, 4) is 0 Å². The van der Waals surface area contributed by atoms with E-state index >= 15 is 0 Å². The molecule has 55 heavy (non-hydrogen) atoms. The molecule has 0 bridgehead atoms. The van der Waals surface area contributed by atoms with Crippen molar-refractivity contribution in [2.24, 2.45) is 43.3 Å². The molecular formula is C45H48N4O6. The Morgan fingerprint density at radius 3 is 1.11 bits per heavy atom. The molecule has 4 saturated heterocycles. The number of carbonyl (C=O) groups excluding carboxylic acids is 6. The van der Waals surface area contributed by atoms with Gasteiger partial charge in [0.2, 0.25) is 35.4 Å². The van der Waals surface area contributed by atoms with Gasteiger partial charge in [0.25, 0.3) is 0 Å². The lowest BCUT2D eigenvalue weighted by atomic mass is 9.27. The maximum atomic E-state index is 14.5. The van der Waals surface area contributed by atoms with E-state index in [1.807, 2.05) is 50.2 Å². The van der Waals surface area contributed by atoms with Crippen LogP contribution in [0.15, 0.2) is 72.8 Å². The molecule has 8 atom stereocenters. The van der Waals surface area contributed by atoms with E-state index in [4.69, 9.17) is 0 Å². The number of aryl methyl sites for hydroxylation is 1. The highest BCUT2D eigenvalue weighted by Gasteiger charge is 2.96. The minimum atomic E-state index is -1.38. The predicted molar refractivity (Wildman–Crippen MR) is 207 cm³/mol. The van der Waals surface area contributed by atoms with Crippen molar-refractivity contribution in [3.63, 3.8) is 0 Å². The van der Waals surface area contributed by atoms with Crippen LogP contribution in [0.5, 0.6) is 0 Å². The van der Waals surface area contributed by atoms with Crippen molar-refractivity contribution in [1.82, 2.24) is 4.90 Å². The fraction of sp³-hybridized carbons (Fsp3) is 0.467. The molecule has 9 rings (SSSR count). The molecule has 6 aliphatic rings. The van der Waals surface area contributed by atoms with Crippen molar-refractivity contribution >= 4 is 52.5 Å². The summed E-state index contributed by atoms with van der Waals surface area (Å²) in [5, 5.41) is 0. The first-order valence-electron chi connectivity index (χ1n) is 19.2. The van der Waals surface area contributed by atoms with Crippen LogP contribution in [0, 0.1) is 50.2 Å². The van der Waals surface area contributed by atoms with Gasteiger partial charge in [0.1, 0.15) is 0 Å². The summed E-state index contributed by atoms with van der Waals surface area (Å²) in [7, 11) is 1.42. The van der Waals surface area contributed by atoms with Gasteiger partial charge in [0.05, 0.1) is 43.9 Å². The second kappa shape index (κ2) is 10.00. The summed E-state index contributed by atoms with van der Waals surface area (Å²) >= 11 is 0. The third kappa shape index (κ3) is 3.21. The number of fused-ring (bicyclic) bond motifs is 8. The number of hydrogen-bond acceptors (Lipinski definition) is 7. The fourth-order valence-corrected chi connectivity index (χ4v) is 13.2. The molecule has 0 aromatic heterocycles. The molecule has 4 heterocycles. The molecule has 0 N–H and O–H groups in total. The molecule has 10 heteroatoms. The molecule has 2 aliphatic carbocycles. The van der Waals surface area contributed by atoms with Crippen LogP contribution in [0.4, 0.5) is 17.1 Å². The maximum absolute atomic E-state index is 14.5. The number of hydrogen-bond donors (Lipinski definition) is 0. The van der Waals surface area contributed by atoms with Crippen LogP contribution in [0.2, 0.25) is 0 Å². The molecule has 4 aliphatic heterocycles. The molecule has 3 aromatic rings. The molecular weight excluding hydrogens is 693 g/mol. The molecule has 8 unspecified atom stereocenters. The van der Waals surface area contributed by atoms with Gasteiger partial charge in [-0.3, -0.25) is 33.7 Å². The number of anilines is 3. The van der Waals surface area contributed by atoms with Gasteiger partial charge in [-0.1, -0.05) is 55.8 Å². The number of rotatable bonds is 5. The summed E-state index contributed by atoms with van der Waals surface area (Å²) in [5.41, 5.74) is -2.87. The second-order valence-corrected chi connectivity index (χ2v) is 18.7. The van der Waals surface area contributed by atoms with Crippen LogP contribution in [-0.4, -0.2) is 60.5 Å². The van der Waals surface area contributed by atoms with E-state index in [9.17, 15) is 28.8 Å². The lowest BCUT2D eigenvalue weighted by molar-refractivity contribution is -0.249. The Balaban J connectivity index is 0.934. The monoisotopic (exact) mass is 740 g/mol. The van der Waals surface area contributed by atoms with Gasteiger partial charge >= 0.3 is 0 Å². The van der Waals surface area contributed by atoms with Gasteiger partial charge in [-0.25, -0.2) is 9.80 Å². The standard InChI is InChI=1S/C45H48N4O6/c1-26-11-17-29(18-12-26)47-24-38(2)39(3,25-47)41(5)35(53)48(34(52)40(38,41)4)30-19-13-27(14-20-30)23-28-15-21-31(22-16-28)49-36(54)44(8)42(6)32(50)46(10)33(51)43(42,7)45(44,9)37(49)55/h11-22H,23-25H2,1-10H3. The lowest BCUT2D eigenvalue weighted by Gasteiger charge is -2.70. The van der Waals surface area contributed by atoms with E-state index in [2.05, 4.69) is 49.9 Å². The minimum Gasteiger partial charge on any atom is -0.370 e. The molecule has 6 fully saturated rings. The third-order valence-corrected chi connectivity index (χ3v) is 17.6. The number of likely N-dealkylation sites (tertiary alicyclic amines) is 1. The number of benzene rings is 3. The Morgan fingerprint density at radius 2 is 0.745 bits per heavy atom. The third-order valence-electron chi connectivity index (χ3n) is 17.6. The van der Waals surface area contributed by atoms with E-state index in [0.29, 0.717) is 30.9 Å².